The van der Waals surface area contributed by atoms with Crippen LogP contribution in [0.3, 0.4) is 0 Å². The van der Waals surface area contributed by atoms with Crippen molar-refractivity contribution in [2.75, 3.05) is 5.32 Å². The van der Waals surface area contributed by atoms with Crippen LogP contribution in [0.2, 0.25) is 5.02 Å². The predicted octanol–water partition coefficient (Wildman–Crippen LogP) is 7.19. The molecule has 0 aliphatic heterocycles. The molecule has 0 aliphatic carbocycles. The van der Waals surface area contributed by atoms with E-state index < -0.39 is 5.91 Å². The van der Waals surface area contributed by atoms with Gasteiger partial charge in [0.15, 0.2) is 5.75 Å². The number of nitrogens with one attached hydrogen (secondary N) is 1. The number of phenols is 2. The number of anilines is 1. The molecule has 0 aromatic heterocycles. The van der Waals surface area contributed by atoms with Crippen molar-refractivity contribution in [1.29, 1.82) is 0 Å². The highest BCUT2D eigenvalue weighted by molar-refractivity contribution is 6.31. The molecule has 0 saturated carbocycles. The second-order valence-electron chi connectivity index (χ2n) is 7.45. The number of fused-ring (bicyclic) bond motifs is 1. The standard InChI is InChI=1S/C25H20ClN3O3/c1-14-7-10-22(30)21(11-14)28-29-23-18-6-4-3-5-16(18)12-19(24(23)31)25(32)27-20-13-17(26)9-8-15(20)2/h3-13,30-31H,1-2H3,(H,27,32). The summed E-state index contributed by atoms with van der Waals surface area (Å²) in [5.74, 6) is -0.848. The fourth-order valence-electron chi connectivity index (χ4n) is 3.33. The van der Waals surface area contributed by atoms with Crippen LogP contribution in [0.4, 0.5) is 17.1 Å². The number of nitrogens with zero attached hydrogens (tertiary/aromatic N) is 2. The van der Waals surface area contributed by atoms with E-state index >= 15 is 0 Å². The minimum Gasteiger partial charge on any atom is -0.506 e. The molecule has 0 bridgehead atoms. The van der Waals surface area contributed by atoms with Crippen LogP contribution in [0.25, 0.3) is 10.8 Å². The number of aromatic hydroxyl groups is 2. The molecular weight excluding hydrogens is 426 g/mol. The third-order valence-electron chi connectivity index (χ3n) is 5.08. The Labute approximate surface area is 189 Å². The zero-order valence-corrected chi connectivity index (χ0v) is 18.2. The van der Waals surface area contributed by atoms with Crippen LogP contribution in [-0.4, -0.2) is 16.1 Å². The average Bonchev–Trinajstić information content (AvgIpc) is 2.77. The van der Waals surface area contributed by atoms with E-state index in [1.807, 2.05) is 26.0 Å². The Hall–Kier alpha value is -3.90. The van der Waals surface area contributed by atoms with Gasteiger partial charge in [-0.15, -0.1) is 10.2 Å². The van der Waals surface area contributed by atoms with Crippen molar-refractivity contribution in [2.45, 2.75) is 13.8 Å². The van der Waals surface area contributed by atoms with Gasteiger partial charge < -0.3 is 15.5 Å². The highest BCUT2D eigenvalue weighted by Gasteiger charge is 2.19. The molecule has 32 heavy (non-hydrogen) atoms. The van der Waals surface area contributed by atoms with Crippen molar-refractivity contribution >= 4 is 45.3 Å². The quantitative estimate of drug-likeness (QED) is 0.290. The van der Waals surface area contributed by atoms with Gasteiger partial charge in [0.1, 0.15) is 17.1 Å². The van der Waals surface area contributed by atoms with Gasteiger partial charge >= 0.3 is 0 Å². The lowest BCUT2D eigenvalue weighted by atomic mass is 10.0. The van der Waals surface area contributed by atoms with Crippen molar-refractivity contribution in [2.24, 2.45) is 10.2 Å². The van der Waals surface area contributed by atoms with Gasteiger partial charge in [-0.2, -0.15) is 0 Å². The van der Waals surface area contributed by atoms with Crippen LogP contribution in [0.15, 0.2) is 77.0 Å². The van der Waals surface area contributed by atoms with Gasteiger partial charge in [0.05, 0.1) is 5.56 Å². The molecule has 0 aliphatic rings. The molecule has 0 radical (unpaired) electrons. The lowest BCUT2D eigenvalue weighted by Gasteiger charge is -2.12. The fourth-order valence-corrected chi connectivity index (χ4v) is 3.50. The maximum Gasteiger partial charge on any atom is 0.259 e. The van der Waals surface area contributed by atoms with E-state index in [9.17, 15) is 15.0 Å². The van der Waals surface area contributed by atoms with Gasteiger partial charge in [-0.1, -0.05) is 48.0 Å². The Bertz CT molecular complexity index is 1380. The maximum atomic E-state index is 13.0. The molecule has 4 aromatic carbocycles. The van der Waals surface area contributed by atoms with E-state index in [2.05, 4.69) is 15.5 Å². The summed E-state index contributed by atoms with van der Waals surface area (Å²) in [7, 11) is 0. The summed E-state index contributed by atoms with van der Waals surface area (Å²) in [6.07, 6.45) is 0. The van der Waals surface area contributed by atoms with E-state index in [-0.39, 0.29) is 28.4 Å². The number of aryl methyl sites for hydroxylation is 2. The molecule has 4 rings (SSSR count). The number of phenolic OH excluding ortho intramolecular Hbond substituents is 2. The number of benzene rings is 4. The van der Waals surface area contributed by atoms with Crippen LogP contribution in [0.1, 0.15) is 21.5 Å². The first kappa shape index (κ1) is 21.3. The number of rotatable bonds is 4. The Kier molecular flexibility index (Phi) is 5.79. The largest absolute Gasteiger partial charge is 0.506 e. The Morgan fingerprint density at radius 2 is 1.72 bits per heavy atom. The van der Waals surface area contributed by atoms with Gasteiger partial charge in [-0.25, -0.2) is 0 Å². The highest BCUT2D eigenvalue weighted by atomic mass is 35.5. The Morgan fingerprint density at radius 3 is 2.53 bits per heavy atom. The number of halogens is 1. The van der Waals surface area contributed by atoms with E-state index in [0.717, 1.165) is 11.1 Å². The second kappa shape index (κ2) is 8.69. The summed E-state index contributed by atoms with van der Waals surface area (Å²) in [4.78, 5) is 13.0. The average molecular weight is 446 g/mol. The molecule has 0 heterocycles. The number of amides is 1. The Morgan fingerprint density at radius 1 is 0.938 bits per heavy atom. The molecule has 4 aromatic rings. The van der Waals surface area contributed by atoms with Crippen molar-refractivity contribution < 1.29 is 15.0 Å². The summed E-state index contributed by atoms with van der Waals surface area (Å²) in [5, 5.41) is 34.0. The summed E-state index contributed by atoms with van der Waals surface area (Å²) in [6.45, 7) is 3.72. The molecule has 1 amide bonds. The summed E-state index contributed by atoms with van der Waals surface area (Å²) >= 11 is 6.06. The molecule has 0 spiro atoms. The molecule has 7 heteroatoms. The van der Waals surface area contributed by atoms with Gasteiger partial charge in [0.25, 0.3) is 5.91 Å². The molecule has 0 atom stereocenters. The van der Waals surface area contributed by atoms with Crippen molar-refractivity contribution in [1.82, 2.24) is 0 Å². The normalized spacial score (nSPS) is 11.2. The monoisotopic (exact) mass is 445 g/mol. The summed E-state index contributed by atoms with van der Waals surface area (Å²) < 4.78 is 0. The number of hydrogen-bond acceptors (Lipinski definition) is 5. The van der Waals surface area contributed by atoms with E-state index in [1.54, 1.807) is 48.5 Å². The second-order valence-corrected chi connectivity index (χ2v) is 7.88. The number of carbonyl (C=O) groups is 1. The van der Waals surface area contributed by atoms with Gasteiger partial charge in [-0.05, 0) is 60.7 Å². The topological polar surface area (TPSA) is 94.3 Å². The molecular formula is C25H20ClN3O3. The van der Waals surface area contributed by atoms with Crippen molar-refractivity contribution in [3.8, 4) is 11.5 Å². The van der Waals surface area contributed by atoms with Crippen LogP contribution in [0, 0.1) is 13.8 Å². The maximum absolute atomic E-state index is 13.0. The number of azo groups is 1. The first-order valence-electron chi connectivity index (χ1n) is 9.87. The van der Waals surface area contributed by atoms with Crippen molar-refractivity contribution in [3.63, 3.8) is 0 Å². The lowest BCUT2D eigenvalue weighted by Crippen LogP contribution is -2.13. The van der Waals surface area contributed by atoms with Crippen LogP contribution in [0.5, 0.6) is 11.5 Å². The smallest absolute Gasteiger partial charge is 0.259 e. The molecule has 0 unspecified atom stereocenters. The first-order valence-corrected chi connectivity index (χ1v) is 10.2. The Balaban J connectivity index is 1.80. The number of carbonyl (C=O) groups excluding carboxylic acids is 1. The summed E-state index contributed by atoms with van der Waals surface area (Å²) in [6, 6.07) is 19.0. The first-order chi connectivity index (χ1) is 15.3. The lowest BCUT2D eigenvalue weighted by molar-refractivity contribution is 0.102. The molecule has 6 nitrogen and oxygen atoms in total. The van der Waals surface area contributed by atoms with Crippen molar-refractivity contribution in [3.05, 3.63) is 88.4 Å². The summed E-state index contributed by atoms with van der Waals surface area (Å²) in [5.41, 5.74) is 2.72. The minimum atomic E-state index is -0.506. The molecule has 160 valence electrons. The zero-order chi connectivity index (χ0) is 22.8. The van der Waals surface area contributed by atoms with Crippen LogP contribution >= 0.6 is 11.6 Å². The van der Waals surface area contributed by atoms with Crippen LogP contribution in [-0.2, 0) is 0 Å². The molecule has 3 N–H and O–H groups in total. The van der Waals surface area contributed by atoms with E-state index in [4.69, 9.17) is 11.6 Å². The van der Waals surface area contributed by atoms with Gasteiger partial charge in [0, 0.05) is 16.1 Å². The SMILES string of the molecule is Cc1ccc(O)c(N=Nc2c(O)c(C(=O)Nc3cc(Cl)ccc3C)cc3ccccc23)c1. The molecule has 0 saturated heterocycles. The van der Waals surface area contributed by atoms with E-state index in [0.29, 0.717) is 21.5 Å². The van der Waals surface area contributed by atoms with Gasteiger partial charge in [-0.3, -0.25) is 4.79 Å². The zero-order valence-electron chi connectivity index (χ0n) is 17.4. The third kappa shape index (κ3) is 4.26. The fraction of sp³-hybridized carbons (Fsp3) is 0.0800. The van der Waals surface area contributed by atoms with Crippen LogP contribution < -0.4 is 5.32 Å². The number of hydrogen-bond donors (Lipinski definition) is 3. The van der Waals surface area contributed by atoms with Gasteiger partial charge in [0.2, 0.25) is 0 Å². The van der Waals surface area contributed by atoms with E-state index in [1.165, 1.54) is 6.07 Å². The highest BCUT2D eigenvalue weighted by Crippen LogP contribution is 2.40. The minimum absolute atomic E-state index is 0.0338. The molecule has 0 fully saturated rings. The third-order valence-corrected chi connectivity index (χ3v) is 5.31. The predicted molar refractivity (Wildman–Crippen MR) is 127 cm³/mol.